The second-order valence-corrected chi connectivity index (χ2v) is 15.4. The summed E-state index contributed by atoms with van der Waals surface area (Å²) >= 11 is 2.34. The standard InChI is InChI=1S/C32H32N6O6S4/c1-5-17-37(18-6-2)47(41,42)25-13-9-23(10-14-25)29(39)35-31-33-27(21-45-31)28-22-46-32(34-28)36-30(40)24-11-15-26(16-12-24)48(43,44)38(19-7-3)20-8-4/h5-16,21-22H,1-4,17-20H2,(H,33,35,39)(H,34,36,40). The van der Waals surface area contributed by atoms with Crippen LogP contribution in [0.15, 0.2) is 120 Å². The van der Waals surface area contributed by atoms with E-state index in [1.807, 2.05) is 0 Å². The smallest absolute Gasteiger partial charge is 0.257 e. The highest BCUT2D eigenvalue weighted by Gasteiger charge is 2.24. The van der Waals surface area contributed by atoms with Gasteiger partial charge in [-0.25, -0.2) is 26.8 Å². The predicted octanol–water partition coefficient (Wildman–Crippen LogP) is 5.50. The maximum Gasteiger partial charge on any atom is 0.257 e. The van der Waals surface area contributed by atoms with Gasteiger partial charge in [0.1, 0.15) is 11.4 Å². The number of hydrogen-bond donors (Lipinski definition) is 2. The summed E-state index contributed by atoms with van der Waals surface area (Å²) < 4.78 is 54.1. The molecule has 2 aromatic heterocycles. The summed E-state index contributed by atoms with van der Waals surface area (Å²) in [7, 11) is -7.60. The molecule has 48 heavy (non-hydrogen) atoms. The van der Waals surface area contributed by atoms with Gasteiger partial charge in [-0.2, -0.15) is 8.61 Å². The zero-order chi connectivity index (χ0) is 34.9. The van der Waals surface area contributed by atoms with Crippen LogP contribution in [0.1, 0.15) is 20.7 Å². The molecule has 0 aliphatic heterocycles. The predicted molar refractivity (Wildman–Crippen MR) is 190 cm³/mol. The molecule has 0 radical (unpaired) electrons. The van der Waals surface area contributed by atoms with Gasteiger partial charge in [0.25, 0.3) is 11.8 Å². The highest BCUT2D eigenvalue weighted by atomic mass is 32.2. The number of hydrogen-bond acceptors (Lipinski definition) is 10. The number of rotatable bonds is 17. The molecular formula is C32H32N6O6S4. The molecule has 250 valence electrons. The van der Waals surface area contributed by atoms with E-state index < -0.39 is 31.9 Å². The number of carbonyl (C=O) groups is 2. The van der Waals surface area contributed by atoms with Crippen molar-refractivity contribution in [1.29, 1.82) is 0 Å². The third kappa shape index (κ3) is 8.46. The molecule has 0 atom stereocenters. The summed E-state index contributed by atoms with van der Waals surface area (Å²) in [6, 6.07) is 11.1. The fraction of sp³-hybridized carbons (Fsp3) is 0.125. The molecule has 2 N–H and O–H groups in total. The third-order valence-corrected chi connectivity index (χ3v) is 11.8. The van der Waals surface area contributed by atoms with Crippen LogP contribution < -0.4 is 10.6 Å². The normalized spacial score (nSPS) is 11.6. The van der Waals surface area contributed by atoms with Gasteiger partial charge in [-0.15, -0.1) is 49.0 Å². The Bertz CT molecular complexity index is 1870. The molecule has 0 spiro atoms. The van der Waals surface area contributed by atoms with Crippen LogP contribution in [0, 0.1) is 0 Å². The first kappa shape index (κ1) is 36.3. The first-order valence-electron chi connectivity index (χ1n) is 14.1. The van der Waals surface area contributed by atoms with E-state index in [1.54, 1.807) is 10.8 Å². The van der Waals surface area contributed by atoms with Gasteiger partial charge in [0, 0.05) is 48.1 Å². The molecule has 16 heteroatoms. The van der Waals surface area contributed by atoms with Crippen molar-refractivity contribution in [3.63, 3.8) is 0 Å². The van der Waals surface area contributed by atoms with Crippen LogP contribution in [0.2, 0.25) is 0 Å². The van der Waals surface area contributed by atoms with Crippen LogP contribution in [-0.4, -0.2) is 73.4 Å². The van der Waals surface area contributed by atoms with E-state index >= 15 is 0 Å². The van der Waals surface area contributed by atoms with E-state index in [9.17, 15) is 26.4 Å². The van der Waals surface area contributed by atoms with Gasteiger partial charge in [-0.3, -0.25) is 20.2 Å². The first-order valence-corrected chi connectivity index (χ1v) is 18.8. The van der Waals surface area contributed by atoms with E-state index in [0.29, 0.717) is 21.7 Å². The zero-order valence-corrected chi connectivity index (χ0v) is 28.9. The van der Waals surface area contributed by atoms with Crippen molar-refractivity contribution in [2.24, 2.45) is 0 Å². The topological polar surface area (TPSA) is 159 Å². The van der Waals surface area contributed by atoms with E-state index in [-0.39, 0.29) is 47.1 Å². The lowest BCUT2D eigenvalue weighted by atomic mass is 10.2. The maximum atomic E-state index is 12.9. The lowest BCUT2D eigenvalue weighted by Crippen LogP contribution is -2.31. The fourth-order valence-electron chi connectivity index (χ4n) is 4.21. The number of aromatic nitrogens is 2. The van der Waals surface area contributed by atoms with Crippen molar-refractivity contribution in [3.8, 4) is 11.4 Å². The Morgan fingerprint density at radius 2 is 0.917 bits per heavy atom. The Hall–Kier alpha value is -4.58. The number of carbonyl (C=O) groups excluding carboxylic acids is 2. The highest BCUT2D eigenvalue weighted by Crippen LogP contribution is 2.29. The average molecular weight is 725 g/mol. The Balaban J connectivity index is 1.38. The SMILES string of the molecule is C=CCN(CC=C)S(=O)(=O)c1ccc(C(=O)Nc2nc(-c3csc(NC(=O)c4ccc(S(=O)(=O)N(CC=C)CC=C)cc4)n3)cs2)cc1. The second-order valence-electron chi connectivity index (χ2n) is 9.83. The molecule has 0 aliphatic carbocycles. The molecule has 2 heterocycles. The van der Waals surface area contributed by atoms with Crippen LogP contribution in [0.25, 0.3) is 11.4 Å². The lowest BCUT2D eigenvalue weighted by Gasteiger charge is -2.19. The molecule has 4 aromatic rings. The number of thiazole rings is 2. The number of anilines is 2. The molecule has 0 saturated carbocycles. The van der Waals surface area contributed by atoms with E-state index in [2.05, 4.69) is 46.9 Å². The monoisotopic (exact) mass is 724 g/mol. The Morgan fingerprint density at radius 3 is 1.21 bits per heavy atom. The second kappa shape index (κ2) is 16.0. The van der Waals surface area contributed by atoms with Crippen molar-refractivity contribution >= 4 is 64.8 Å². The molecule has 0 unspecified atom stereocenters. The number of benzene rings is 2. The molecule has 4 rings (SSSR count). The minimum Gasteiger partial charge on any atom is -0.298 e. The van der Waals surface area contributed by atoms with E-state index in [0.717, 1.165) is 0 Å². The van der Waals surface area contributed by atoms with Crippen LogP contribution >= 0.6 is 22.7 Å². The number of amides is 2. The number of nitrogens with one attached hydrogen (secondary N) is 2. The van der Waals surface area contributed by atoms with Gasteiger partial charge < -0.3 is 0 Å². The summed E-state index contributed by atoms with van der Waals surface area (Å²) in [6.45, 7) is 14.8. The van der Waals surface area contributed by atoms with Crippen molar-refractivity contribution in [1.82, 2.24) is 18.6 Å². The summed E-state index contributed by atoms with van der Waals surface area (Å²) in [6.07, 6.45) is 5.93. The van der Waals surface area contributed by atoms with Gasteiger partial charge in [0.15, 0.2) is 10.3 Å². The van der Waals surface area contributed by atoms with E-state index in [4.69, 9.17) is 0 Å². The minimum absolute atomic E-state index is 0.0329. The average Bonchev–Trinajstić information content (AvgIpc) is 3.74. The number of sulfonamides is 2. The van der Waals surface area contributed by atoms with Gasteiger partial charge in [-0.1, -0.05) is 24.3 Å². The van der Waals surface area contributed by atoms with Crippen LogP contribution in [0.5, 0.6) is 0 Å². The van der Waals surface area contributed by atoms with Crippen molar-refractivity contribution in [3.05, 3.63) is 121 Å². The summed E-state index contributed by atoms with van der Waals surface area (Å²) in [5.41, 5.74) is 1.41. The number of nitrogens with zero attached hydrogens (tertiary/aromatic N) is 4. The third-order valence-electron chi connectivity index (χ3n) is 6.55. The minimum atomic E-state index is -3.80. The molecule has 0 aliphatic rings. The molecule has 12 nitrogen and oxygen atoms in total. The highest BCUT2D eigenvalue weighted by molar-refractivity contribution is 7.89. The molecule has 2 amide bonds. The quantitative estimate of drug-likeness (QED) is 0.135. The van der Waals surface area contributed by atoms with Crippen LogP contribution in [0.4, 0.5) is 10.3 Å². The summed E-state index contributed by atoms with van der Waals surface area (Å²) in [5.74, 6) is -0.957. The first-order chi connectivity index (χ1) is 22.9. The fourth-order valence-corrected chi connectivity index (χ4v) is 8.37. The van der Waals surface area contributed by atoms with Crippen molar-refractivity contribution < 1.29 is 26.4 Å². The molecular weight excluding hydrogens is 693 g/mol. The lowest BCUT2D eigenvalue weighted by molar-refractivity contribution is 0.101. The summed E-state index contributed by atoms with van der Waals surface area (Å²) in [5, 5.41) is 9.38. The van der Waals surface area contributed by atoms with Crippen LogP contribution in [0.3, 0.4) is 0 Å². The Labute approximate surface area is 287 Å². The largest absolute Gasteiger partial charge is 0.298 e. The van der Waals surface area contributed by atoms with Gasteiger partial charge in [0.05, 0.1) is 9.79 Å². The molecule has 0 bridgehead atoms. The molecule has 0 saturated heterocycles. The van der Waals surface area contributed by atoms with Gasteiger partial charge >= 0.3 is 0 Å². The van der Waals surface area contributed by atoms with Gasteiger partial charge in [-0.05, 0) is 48.5 Å². The van der Waals surface area contributed by atoms with Crippen molar-refractivity contribution in [2.45, 2.75) is 9.79 Å². The Kier molecular flexibility index (Phi) is 12.1. The molecule has 0 fully saturated rings. The summed E-state index contributed by atoms with van der Waals surface area (Å²) in [4.78, 5) is 34.6. The van der Waals surface area contributed by atoms with E-state index in [1.165, 1.54) is 104 Å². The van der Waals surface area contributed by atoms with Crippen LogP contribution in [-0.2, 0) is 20.0 Å². The van der Waals surface area contributed by atoms with Crippen molar-refractivity contribution in [2.75, 3.05) is 36.8 Å². The molecule has 2 aromatic carbocycles. The maximum absolute atomic E-state index is 12.9. The van der Waals surface area contributed by atoms with Gasteiger partial charge in [0.2, 0.25) is 20.0 Å². The zero-order valence-electron chi connectivity index (χ0n) is 25.6. The Morgan fingerprint density at radius 1 is 0.604 bits per heavy atom.